The summed E-state index contributed by atoms with van der Waals surface area (Å²) in [5, 5.41) is 3.52. The van der Waals surface area contributed by atoms with E-state index in [1.807, 2.05) is 58.9 Å². The van der Waals surface area contributed by atoms with E-state index in [-0.39, 0.29) is 23.3 Å². The molecule has 1 aromatic carbocycles. The summed E-state index contributed by atoms with van der Waals surface area (Å²) in [6.45, 7) is 9.92. The highest BCUT2D eigenvalue weighted by Gasteiger charge is 2.18. The molecule has 7 heteroatoms. The van der Waals surface area contributed by atoms with E-state index in [0.717, 1.165) is 28.9 Å². The summed E-state index contributed by atoms with van der Waals surface area (Å²) < 4.78 is 1.69. The Balaban J connectivity index is 1.84. The van der Waals surface area contributed by atoms with Gasteiger partial charge in [0.2, 0.25) is 5.91 Å². The first-order chi connectivity index (χ1) is 13.3. The van der Waals surface area contributed by atoms with Gasteiger partial charge >= 0.3 is 0 Å². The Morgan fingerprint density at radius 3 is 2.71 bits per heavy atom. The van der Waals surface area contributed by atoms with Gasteiger partial charge in [0.25, 0.3) is 5.56 Å². The lowest BCUT2D eigenvalue weighted by Gasteiger charge is -2.17. The molecular weight excluding hydrogens is 372 g/mol. The second-order valence-electron chi connectivity index (χ2n) is 7.19. The van der Waals surface area contributed by atoms with Gasteiger partial charge in [-0.2, -0.15) is 0 Å². The molecule has 1 amide bonds. The lowest BCUT2D eigenvalue weighted by atomic mass is 10.1. The third-order valence-electron chi connectivity index (χ3n) is 4.81. The van der Waals surface area contributed by atoms with Gasteiger partial charge in [0.1, 0.15) is 5.52 Å². The summed E-state index contributed by atoms with van der Waals surface area (Å²) >= 11 is 1.29. The van der Waals surface area contributed by atoms with Crippen LogP contribution in [0.1, 0.15) is 43.1 Å². The van der Waals surface area contributed by atoms with Gasteiger partial charge in [-0.05, 0) is 51.8 Å². The average molecular weight is 399 g/mol. The van der Waals surface area contributed by atoms with Crippen LogP contribution >= 0.6 is 11.8 Å². The molecule has 0 aliphatic heterocycles. The third kappa shape index (κ3) is 4.14. The fourth-order valence-corrected chi connectivity index (χ4v) is 4.03. The van der Waals surface area contributed by atoms with Gasteiger partial charge in [-0.15, -0.1) is 0 Å². The number of aromatic amines is 1. The molecule has 0 unspecified atom stereocenters. The van der Waals surface area contributed by atoms with Crippen LogP contribution in [0.25, 0.3) is 11.0 Å². The molecule has 148 valence electrons. The smallest absolute Gasteiger partial charge is 0.278 e. The quantitative estimate of drug-likeness (QED) is 0.478. The maximum atomic E-state index is 13.0. The first-order valence-electron chi connectivity index (χ1n) is 9.42. The van der Waals surface area contributed by atoms with Crippen LogP contribution in [0.2, 0.25) is 0 Å². The van der Waals surface area contributed by atoms with Crippen molar-refractivity contribution in [3.8, 4) is 0 Å². The van der Waals surface area contributed by atoms with E-state index in [9.17, 15) is 9.59 Å². The molecule has 1 atom stereocenters. The van der Waals surface area contributed by atoms with Crippen LogP contribution in [0.5, 0.6) is 0 Å². The van der Waals surface area contributed by atoms with Gasteiger partial charge in [-0.25, -0.2) is 4.98 Å². The highest BCUT2D eigenvalue weighted by Crippen LogP contribution is 2.23. The number of anilines is 1. The summed E-state index contributed by atoms with van der Waals surface area (Å²) in [5.41, 5.74) is 4.94. The van der Waals surface area contributed by atoms with Gasteiger partial charge in [-0.3, -0.25) is 14.2 Å². The normalized spacial score (nSPS) is 12.3. The Kier molecular flexibility index (Phi) is 5.93. The molecule has 0 spiro atoms. The minimum absolute atomic E-state index is 0.00193. The van der Waals surface area contributed by atoms with Crippen LogP contribution in [0.15, 0.2) is 34.2 Å². The predicted molar refractivity (Wildman–Crippen MR) is 115 cm³/mol. The lowest BCUT2D eigenvalue weighted by Crippen LogP contribution is -2.26. The van der Waals surface area contributed by atoms with Crippen molar-refractivity contribution in [1.29, 1.82) is 0 Å². The predicted octanol–water partition coefficient (Wildman–Crippen LogP) is 4.35. The van der Waals surface area contributed by atoms with Crippen molar-refractivity contribution in [3.63, 3.8) is 0 Å². The van der Waals surface area contributed by atoms with Crippen molar-refractivity contribution in [1.82, 2.24) is 14.5 Å². The molecule has 3 rings (SSSR count). The van der Waals surface area contributed by atoms with Gasteiger partial charge < -0.3 is 10.3 Å². The largest absolute Gasteiger partial charge is 0.353 e. The number of H-pyrrole nitrogens is 1. The number of aromatic nitrogens is 3. The van der Waals surface area contributed by atoms with Gasteiger partial charge in [-0.1, -0.05) is 36.4 Å². The molecule has 0 aliphatic rings. The number of benzene rings is 1. The molecule has 2 aromatic heterocycles. The van der Waals surface area contributed by atoms with E-state index >= 15 is 0 Å². The second-order valence-corrected chi connectivity index (χ2v) is 8.14. The van der Waals surface area contributed by atoms with Crippen molar-refractivity contribution in [2.45, 2.75) is 52.2 Å². The van der Waals surface area contributed by atoms with Crippen molar-refractivity contribution in [2.24, 2.45) is 0 Å². The summed E-state index contributed by atoms with van der Waals surface area (Å²) in [6, 6.07) is 7.78. The summed E-state index contributed by atoms with van der Waals surface area (Å²) in [4.78, 5) is 33.2. The Morgan fingerprint density at radius 2 is 2.04 bits per heavy atom. The highest BCUT2D eigenvalue weighted by atomic mass is 32.2. The average Bonchev–Trinajstić information content (AvgIpc) is 3.02. The first-order valence-corrected chi connectivity index (χ1v) is 10.4. The zero-order valence-corrected chi connectivity index (χ0v) is 17.7. The molecule has 3 aromatic rings. The van der Waals surface area contributed by atoms with Gasteiger partial charge in [0.05, 0.1) is 11.3 Å². The molecule has 0 bridgehead atoms. The van der Waals surface area contributed by atoms with Crippen LogP contribution in [0, 0.1) is 20.8 Å². The minimum Gasteiger partial charge on any atom is -0.353 e. The maximum Gasteiger partial charge on any atom is 0.278 e. The summed E-state index contributed by atoms with van der Waals surface area (Å²) in [6.07, 6.45) is 0.801. The molecule has 0 saturated carbocycles. The Morgan fingerprint density at radius 1 is 1.29 bits per heavy atom. The van der Waals surface area contributed by atoms with Crippen molar-refractivity contribution < 1.29 is 4.79 Å². The van der Waals surface area contributed by atoms with E-state index in [1.165, 1.54) is 11.8 Å². The lowest BCUT2D eigenvalue weighted by molar-refractivity contribution is -0.113. The van der Waals surface area contributed by atoms with Crippen molar-refractivity contribution in [2.75, 3.05) is 11.1 Å². The zero-order chi connectivity index (χ0) is 20.4. The Hall–Kier alpha value is -2.54. The number of rotatable bonds is 6. The first kappa shape index (κ1) is 20.2. The fraction of sp³-hybridized carbons (Fsp3) is 0.381. The number of carbonyl (C=O) groups is 1. The van der Waals surface area contributed by atoms with Gasteiger partial charge in [0.15, 0.2) is 5.16 Å². The van der Waals surface area contributed by atoms with Crippen LogP contribution in [-0.4, -0.2) is 26.2 Å². The number of hydrogen-bond acceptors (Lipinski definition) is 4. The number of amides is 1. The number of carbonyl (C=O) groups excluding carboxylic acids is 1. The fourth-order valence-electron chi connectivity index (χ4n) is 3.13. The van der Waals surface area contributed by atoms with E-state index in [2.05, 4.69) is 15.3 Å². The molecule has 0 radical (unpaired) electrons. The minimum atomic E-state index is -0.118. The van der Waals surface area contributed by atoms with E-state index in [1.54, 1.807) is 4.57 Å². The maximum absolute atomic E-state index is 13.0. The molecule has 0 aliphatic carbocycles. The molecule has 2 heterocycles. The number of hydrogen-bond donors (Lipinski definition) is 2. The van der Waals surface area contributed by atoms with E-state index in [4.69, 9.17) is 0 Å². The SMILES string of the molecule is CC[C@H](C)n1c(SCC(=O)Nc2ccc(C)cc2C)nc2cc(C)[nH]c2c1=O. The van der Waals surface area contributed by atoms with Gasteiger partial charge in [0, 0.05) is 17.4 Å². The molecule has 0 saturated heterocycles. The number of nitrogens with zero attached hydrogens (tertiary/aromatic N) is 2. The van der Waals surface area contributed by atoms with Crippen LogP contribution in [0.3, 0.4) is 0 Å². The Bertz CT molecular complexity index is 1080. The monoisotopic (exact) mass is 398 g/mol. The third-order valence-corrected chi connectivity index (χ3v) is 5.76. The second kappa shape index (κ2) is 8.22. The highest BCUT2D eigenvalue weighted by molar-refractivity contribution is 7.99. The van der Waals surface area contributed by atoms with E-state index < -0.39 is 0 Å². The number of nitrogens with one attached hydrogen (secondary N) is 2. The number of thioether (sulfide) groups is 1. The summed E-state index contributed by atoms with van der Waals surface area (Å²) in [5.74, 6) is 0.0673. The molecular formula is C21H26N4O2S. The molecule has 6 nitrogen and oxygen atoms in total. The van der Waals surface area contributed by atoms with Crippen LogP contribution in [-0.2, 0) is 4.79 Å². The van der Waals surface area contributed by atoms with E-state index in [0.29, 0.717) is 16.2 Å². The number of aryl methyl sites for hydroxylation is 3. The molecule has 0 fully saturated rings. The van der Waals surface area contributed by atoms with Crippen molar-refractivity contribution in [3.05, 3.63) is 51.4 Å². The van der Waals surface area contributed by atoms with Crippen LogP contribution in [0.4, 0.5) is 5.69 Å². The topological polar surface area (TPSA) is 79.8 Å². The van der Waals surface area contributed by atoms with Crippen molar-refractivity contribution >= 4 is 34.4 Å². The number of fused-ring (bicyclic) bond motifs is 1. The Labute approximate surface area is 168 Å². The van der Waals surface area contributed by atoms with Crippen LogP contribution < -0.4 is 10.9 Å². The molecule has 2 N–H and O–H groups in total. The zero-order valence-electron chi connectivity index (χ0n) is 16.9. The summed E-state index contributed by atoms with van der Waals surface area (Å²) in [7, 11) is 0. The standard InChI is InChI=1S/C21H26N4O2S/c1-6-15(5)25-20(27)19-17(10-14(4)22-19)24-21(25)28-11-18(26)23-16-8-7-12(2)9-13(16)3/h7-10,15,22H,6,11H2,1-5H3,(H,23,26)/t15-/m0/s1. The molecule has 28 heavy (non-hydrogen) atoms.